The van der Waals surface area contributed by atoms with E-state index in [4.69, 9.17) is 25.8 Å². The molecule has 1 aliphatic heterocycles. The van der Waals surface area contributed by atoms with Gasteiger partial charge in [-0.3, -0.25) is 4.79 Å². The van der Waals surface area contributed by atoms with Gasteiger partial charge in [-0.2, -0.15) is 0 Å². The third-order valence-corrected chi connectivity index (χ3v) is 4.71. The van der Waals surface area contributed by atoms with Crippen molar-refractivity contribution in [3.8, 4) is 17.6 Å². The average molecular weight is 456 g/mol. The maximum absolute atomic E-state index is 12.6. The molecular formula is C25H26ClNO5. The van der Waals surface area contributed by atoms with Crippen LogP contribution in [0.5, 0.6) is 5.75 Å². The molecule has 1 amide bonds. The Kier molecular flexibility index (Phi) is 7.79. The SMILES string of the molecule is CC(C)(C)OC(=O)COc1ccc(Cl)cc1C#Cc1ccc(C(=O)N2CCOCC2)cc1. The Hall–Kier alpha value is -3.01. The molecule has 0 unspecified atom stereocenters. The summed E-state index contributed by atoms with van der Waals surface area (Å²) >= 11 is 6.11. The first-order valence-electron chi connectivity index (χ1n) is 10.3. The van der Waals surface area contributed by atoms with E-state index in [-0.39, 0.29) is 12.5 Å². The Morgan fingerprint density at radius 1 is 1.06 bits per heavy atom. The van der Waals surface area contributed by atoms with Crippen LogP contribution in [0.1, 0.15) is 42.3 Å². The molecule has 1 heterocycles. The van der Waals surface area contributed by atoms with Crippen molar-refractivity contribution < 1.29 is 23.8 Å². The summed E-state index contributed by atoms with van der Waals surface area (Å²) in [7, 11) is 0. The molecule has 0 aliphatic carbocycles. The van der Waals surface area contributed by atoms with Gasteiger partial charge in [0.1, 0.15) is 11.4 Å². The van der Waals surface area contributed by atoms with Crippen LogP contribution in [0.4, 0.5) is 0 Å². The lowest BCUT2D eigenvalue weighted by Crippen LogP contribution is -2.40. The van der Waals surface area contributed by atoms with E-state index in [1.54, 1.807) is 68.1 Å². The summed E-state index contributed by atoms with van der Waals surface area (Å²) in [5, 5.41) is 0.505. The number of benzene rings is 2. The molecule has 0 saturated carbocycles. The fourth-order valence-electron chi connectivity index (χ4n) is 3.02. The first-order valence-corrected chi connectivity index (χ1v) is 10.7. The van der Waals surface area contributed by atoms with Crippen LogP contribution in [0.25, 0.3) is 0 Å². The first-order chi connectivity index (χ1) is 15.2. The molecule has 7 heteroatoms. The monoisotopic (exact) mass is 455 g/mol. The van der Waals surface area contributed by atoms with Crippen molar-refractivity contribution >= 4 is 23.5 Å². The maximum Gasteiger partial charge on any atom is 0.344 e. The van der Waals surface area contributed by atoms with Crippen LogP contribution >= 0.6 is 11.6 Å². The predicted molar refractivity (Wildman–Crippen MR) is 122 cm³/mol. The van der Waals surface area contributed by atoms with Gasteiger partial charge in [0, 0.05) is 29.2 Å². The van der Waals surface area contributed by atoms with E-state index in [1.165, 1.54) is 0 Å². The van der Waals surface area contributed by atoms with Crippen molar-refractivity contribution in [1.82, 2.24) is 4.90 Å². The second-order valence-corrected chi connectivity index (χ2v) is 8.68. The van der Waals surface area contributed by atoms with Crippen molar-refractivity contribution in [3.05, 3.63) is 64.2 Å². The number of nitrogens with zero attached hydrogens (tertiary/aromatic N) is 1. The zero-order valence-corrected chi connectivity index (χ0v) is 19.2. The van der Waals surface area contributed by atoms with E-state index in [0.29, 0.717) is 48.2 Å². The molecule has 0 radical (unpaired) electrons. The van der Waals surface area contributed by atoms with Crippen LogP contribution < -0.4 is 4.74 Å². The molecule has 1 fully saturated rings. The van der Waals surface area contributed by atoms with Crippen LogP contribution in [-0.4, -0.2) is 55.3 Å². The number of morpholine rings is 1. The molecule has 1 saturated heterocycles. The molecular weight excluding hydrogens is 430 g/mol. The normalized spacial score (nSPS) is 13.7. The quantitative estimate of drug-likeness (QED) is 0.516. The highest BCUT2D eigenvalue weighted by Gasteiger charge is 2.18. The van der Waals surface area contributed by atoms with Gasteiger partial charge in [-0.15, -0.1) is 0 Å². The van der Waals surface area contributed by atoms with Gasteiger partial charge in [-0.05, 0) is 63.2 Å². The zero-order chi connectivity index (χ0) is 23.1. The molecule has 3 rings (SSSR count). The number of esters is 1. The fraction of sp³-hybridized carbons (Fsp3) is 0.360. The Morgan fingerprint density at radius 3 is 2.41 bits per heavy atom. The Balaban J connectivity index is 1.69. The van der Waals surface area contributed by atoms with Gasteiger partial charge in [0.25, 0.3) is 5.91 Å². The highest BCUT2D eigenvalue weighted by molar-refractivity contribution is 6.30. The number of ether oxygens (including phenoxy) is 3. The lowest BCUT2D eigenvalue weighted by Gasteiger charge is -2.26. The Morgan fingerprint density at radius 2 is 1.75 bits per heavy atom. The van der Waals surface area contributed by atoms with Crippen LogP contribution in [0.2, 0.25) is 5.02 Å². The number of carbonyl (C=O) groups is 2. The van der Waals surface area contributed by atoms with E-state index in [9.17, 15) is 9.59 Å². The summed E-state index contributed by atoms with van der Waals surface area (Å²) in [5.41, 5.74) is 1.32. The third-order valence-electron chi connectivity index (χ3n) is 4.48. The largest absolute Gasteiger partial charge is 0.481 e. The van der Waals surface area contributed by atoms with Crippen LogP contribution in [0.3, 0.4) is 0 Å². The molecule has 0 N–H and O–H groups in total. The summed E-state index contributed by atoms with van der Waals surface area (Å²) in [6.45, 7) is 7.48. The Labute approximate surface area is 193 Å². The molecule has 2 aromatic carbocycles. The molecule has 1 aliphatic rings. The van der Waals surface area contributed by atoms with Gasteiger partial charge < -0.3 is 19.1 Å². The molecule has 0 atom stereocenters. The number of halogens is 1. The van der Waals surface area contributed by atoms with Gasteiger partial charge >= 0.3 is 5.97 Å². The Bertz CT molecular complexity index is 1030. The molecule has 0 bridgehead atoms. The van der Waals surface area contributed by atoms with E-state index in [1.807, 2.05) is 0 Å². The average Bonchev–Trinajstić information content (AvgIpc) is 2.76. The van der Waals surface area contributed by atoms with Gasteiger partial charge in [0.15, 0.2) is 6.61 Å². The summed E-state index contributed by atoms with van der Waals surface area (Å²) in [4.78, 5) is 26.3. The van der Waals surface area contributed by atoms with Gasteiger partial charge in [0.2, 0.25) is 0 Å². The van der Waals surface area contributed by atoms with Crippen LogP contribution in [-0.2, 0) is 14.3 Å². The third kappa shape index (κ3) is 7.01. The van der Waals surface area contributed by atoms with Crippen molar-refractivity contribution in [3.63, 3.8) is 0 Å². The number of amides is 1. The lowest BCUT2D eigenvalue weighted by molar-refractivity contribution is -0.157. The molecule has 6 nitrogen and oxygen atoms in total. The van der Waals surface area contributed by atoms with Crippen molar-refractivity contribution in [2.45, 2.75) is 26.4 Å². The van der Waals surface area contributed by atoms with Crippen LogP contribution in [0.15, 0.2) is 42.5 Å². The van der Waals surface area contributed by atoms with Crippen molar-refractivity contribution in [2.75, 3.05) is 32.9 Å². The molecule has 2 aromatic rings. The van der Waals surface area contributed by atoms with Crippen molar-refractivity contribution in [2.24, 2.45) is 0 Å². The smallest absolute Gasteiger partial charge is 0.344 e. The second-order valence-electron chi connectivity index (χ2n) is 8.25. The highest BCUT2D eigenvalue weighted by Crippen LogP contribution is 2.22. The number of hydrogen-bond acceptors (Lipinski definition) is 5. The van der Waals surface area contributed by atoms with E-state index in [2.05, 4.69) is 11.8 Å². The maximum atomic E-state index is 12.6. The first kappa shape index (κ1) is 23.6. The van der Waals surface area contributed by atoms with Gasteiger partial charge in [-0.1, -0.05) is 23.4 Å². The summed E-state index contributed by atoms with van der Waals surface area (Å²) in [6, 6.07) is 12.1. The summed E-state index contributed by atoms with van der Waals surface area (Å²) in [6.07, 6.45) is 0. The zero-order valence-electron chi connectivity index (χ0n) is 18.4. The molecule has 32 heavy (non-hydrogen) atoms. The molecule has 0 aromatic heterocycles. The van der Waals surface area contributed by atoms with Gasteiger partial charge in [-0.25, -0.2) is 4.79 Å². The molecule has 168 valence electrons. The minimum atomic E-state index is -0.585. The minimum absolute atomic E-state index is 0.0134. The van der Waals surface area contributed by atoms with E-state index < -0.39 is 11.6 Å². The highest BCUT2D eigenvalue weighted by atomic mass is 35.5. The number of carbonyl (C=O) groups excluding carboxylic acids is 2. The summed E-state index contributed by atoms with van der Waals surface area (Å²) in [5.74, 6) is 6.04. The fourth-order valence-corrected chi connectivity index (χ4v) is 3.19. The number of hydrogen-bond donors (Lipinski definition) is 0. The lowest BCUT2D eigenvalue weighted by atomic mass is 10.1. The second kappa shape index (κ2) is 10.5. The standard InChI is InChI=1S/C25H26ClNO5/c1-25(2,3)32-23(28)17-31-22-11-10-21(26)16-20(22)9-6-18-4-7-19(8-5-18)24(29)27-12-14-30-15-13-27/h4-5,7-8,10-11,16H,12-15,17H2,1-3H3. The molecule has 0 spiro atoms. The number of rotatable bonds is 4. The van der Waals surface area contributed by atoms with Gasteiger partial charge in [0.05, 0.1) is 18.8 Å². The summed E-state index contributed by atoms with van der Waals surface area (Å²) < 4.78 is 16.2. The van der Waals surface area contributed by atoms with E-state index >= 15 is 0 Å². The predicted octanol–water partition coefficient (Wildman–Crippen LogP) is 3.93. The topological polar surface area (TPSA) is 65.1 Å². The van der Waals surface area contributed by atoms with E-state index in [0.717, 1.165) is 5.56 Å². The minimum Gasteiger partial charge on any atom is -0.481 e. The van der Waals surface area contributed by atoms with Crippen LogP contribution in [0, 0.1) is 11.8 Å². The van der Waals surface area contributed by atoms with Crippen molar-refractivity contribution in [1.29, 1.82) is 0 Å².